The highest BCUT2D eigenvalue weighted by Crippen LogP contribution is 2.39. The smallest absolute Gasteiger partial charge is 0.329 e. The van der Waals surface area contributed by atoms with Crippen molar-refractivity contribution in [1.29, 1.82) is 0 Å². The van der Waals surface area contributed by atoms with E-state index in [1.807, 2.05) is 25.1 Å². The maximum absolute atomic E-state index is 13.0. The molecule has 0 atom stereocenters. The van der Waals surface area contributed by atoms with Crippen molar-refractivity contribution in [1.82, 2.24) is 19.9 Å². The van der Waals surface area contributed by atoms with E-state index in [9.17, 15) is 14.4 Å². The average Bonchev–Trinajstić information content (AvgIpc) is 3.54. The van der Waals surface area contributed by atoms with Gasteiger partial charge in [0.15, 0.2) is 5.65 Å². The van der Waals surface area contributed by atoms with Gasteiger partial charge in [-0.2, -0.15) is 0 Å². The number of fused-ring (bicyclic) bond motifs is 1. The van der Waals surface area contributed by atoms with Crippen molar-refractivity contribution in [3.63, 3.8) is 0 Å². The summed E-state index contributed by atoms with van der Waals surface area (Å²) >= 11 is 6.17. The lowest BCUT2D eigenvalue weighted by atomic mass is 10.1. The second-order valence-corrected chi connectivity index (χ2v) is 7.66. The number of hydrogen-bond acceptors (Lipinski definition) is 4. The van der Waals surface area contributed by atoms with Crippen LogP contribution >= 0.6 is 11.6 Å². The maximum Gasteiger partial charge on any atom is 0.329 e. The number of aryl methyl sites for hydroxylation is 1. The zero-order chi connectivity index (χ0) is 20.5. The molecular formula is C21H21ClN4O3. The molecule has 7 nitrogen and oxygen atoms in total. The van der Waals surface area contributed by atoms with Crippen LogP contribution in [-0.2, 0) is 13.1 Å². The highest BCUT2D eigenvalue weighted by Gasteiger charge is 2.28. The summed E-state index contributed by atoms with van der Waals surface area (Å²) in [5.74, 6) is -0.134. The van der Waals surface area contributed by atoms with Crippen LogP contribution in [0.15, 0.2) is 39.9 Å². The first-order valence-corrected chi connectivity index (χ1v) is 10.1. The molecule has 3 aromatic rings. The van der Waals surface area contributed by atoms with Gasteiger partial charge in [-0.1, -0.05) is 36.7 Å². The van der Waals surface area contributed by atoms with Crippen LogP contribution in [0.5, 0.6) is 0 Å². The van der Waals surface area contributed by atoms with Crippen molar-refractivity contribution in [2.45, 2.75) is 45.2 Å². The zero-order valence-electron chi connectivity index (χ0n) is 16.0. The van der Waals surface area contributed by atoms with Gasteiger partial charge in [0.1, 0.15) is 0 Å². The molecule has 1 aliphatic rings. The molecule has 1 amide bonds. The van der Waals surface area contributed by atoms with Gasteiger partial charge in [-0.05, 0) is 37.0 Å². The van der Waals surface area contributed by atoms with Crippen molar-refractivity contribution in [3.8, 4) is 0 Å². The van der Waals surface area contributed by atoms with Gasteiger partial charge in [0.05, 0.1) is 10.9 Å². The Hall–Kier alpha value is -2.93. The molecule has 0 aliphatic heterocycles. The third-order valence-corrected chi connectivity index (χ3v) is 5.42. The van der Waals surface area contributed by atoms with Crippen LogP contribution in [0.25, 0.3) is 11.0 Å². The fourth-order valence-corrected chi connectivity index (χ4v) is 3.61. The summed E-state index contributed by atoms with van der Waals surface area (Å²) in [7, 11) is 0. The number of aromatic amines is 1. The van der Waals surface area contributed by atoms with Crippen LogP contribution in [0.4, 0.5) is 0 Å². The van der Waals surface area contributed by atoms with Crippen molar-refractivity contribution >= 4 is 28.5 Å². The lowest BCUT2D eigenvalue weighted by Gasteiger charge is -2.13. The van der Waals surface area contributed by atoms with Crippen LogP contribution < -0.4 is 16.6 Å². The summed E-state index contributed by atoms with van der Waals surface area (Å²) in [5.41, 5.74) is 0.917. The number of rotatable bonds is 6. The first-order valence-electron chi connectivity index (χ1n) is 9.69. The Morgan fingerprint density at radius 3 is 2.76 bits per heavy atom. The van der Waals surface area contributed by atoms with E-state index in [1.165, 1.54) is 4.57 Å². The lowest BCUT2D eigenvalue weighted by Crippen LogP contribution is -2.33. The molecule has 0 unspecified atom stereocenters. The molecule has 1 fully saturated rings. The van der Waals surface area contributed by atoms with Gasteiger partial charge in [-0.25, -0.2) is 9.78 Å². The highest BCUT2D eigenvalue weighted by molar-refractivity contribution is 6.31. The molecule has 150 valence electrons. The topological polar surface area (TPSA) is 96.9 Å². The Morgan fingerprint density at radius 1 is 1.31 bits per heavy atom. The molecule has 1 aliphatic carbocycles. The normalized spacial score (nSPS) is 13.6. The predicted octanol–water partition coefficient (Wildman–Crippen LogP) is 2.96. The third-order valence-electron chi connectivity index (χ3n) is 5.05. The Balaban J connectivity index is 1.81. The fourth-order valence-electron chi connectivity index (χ4n) is 3.40. The second-order valence-electron chi connectivity index (χ2n) is 7.25. The molecule has 0 spiro atoms. The number of hydrogen-bond donors (Lipinski definition) is 2. The number of aromatic nitrogens is 3. The van der Waals surface area contributed by atoms with E-state index in [1.54, 1.807) is 12.1 Å². The molecule has 8 heteroatoms. The molecule has 0 bridgehead atoms. The Bertz CT molecular complexity index is 1210. The summed E-state index contributed by atoms with van der Waals surface area (Å²) in [6.07, 6.45) is 2.67. The number of H-pyrrole nitrogens is 1. The summed E-state index contributed by atoms with van der Waals surface area (Å²) in [5, 5.41) is 3.53. The lowest BCUT2D eigenvalue weighted by molar-refractivity contribution is 0.0952. The molecule has 1 aromatic carbocycles. The van der Waals surface area contributed by atoms with Crippen LogP contribution in [0.3, 0.4) is 0 Å². The molecular weight excluding hydrogens is 392 g/mol. The monoisotopic (exact) mass is 412 g/mol. The van der Waals surface area contributed by atoms with Gasteiger partial charge >= 0.3 is 5.69 Å². The summed E-state index contributed by atoms with van der Waals surface area (Å²) in [4.78, 5) is 44.9. The second kappa shape index (κ2) is 7.83. The van der Waals surface area contributed by atoms with E-state index in [-0.39, 0.29) is 29.1 Å². The SMILES string of the molecule is CCCn1c(=O)[nH]c(=O)c2c(C(=O)NCc3ccccc3Cl)cc(C3CC3)nc21. The Labute approximate surface area is 171 Å². The molecule has 1 saturated carbocycles. The van der Waals surface area contributed by atoms with Crippen LogP contribution in [-0.4, -0.2) is 20.4 Å². The van der Waals surface area contributed by atoms with E-state index in [0.29, 0.717) is 18.0 Å². The number of benzene rings is 1. The van der Waals surface area contributed by atoms with E-state index in [0.717, 1.165) is 24.1 Å². The summed E-state index contributed by atoms with van der Waals surface area (Å²) in [6.45, 7) is 2.58. The Morgan fingerprint density at radius 2 is 2.07 bits per heavy atom. The minimum absolute atomic E-state index is 0.138. The molecule has 0 saturated heterocycles. The highest BCUT2D eigenvalue weighted by atomic mass is 35.5. The first kappa shape index (κ1) is 19.4. The molecule has 29 heavy (non-hydrogen) atoms. The van der Waals surface area contributed by atoms with Crippen molar-refractivity contribution < 1.29 is 4.79 Å². The first-order chi connectivity index (χ1) is 14.0. The van der Waals surface area contributed by atoms with Gasteiger partial charge in [0.2, 0.25) is 0 Å². The quantitative estimate of drug-likeness (QED) is 0.650. The fraction of sp³-hybridized carbons (Fsp3) is 0.333. The van der Waals surface area contributed by atoms with Crippen molar-refractivity contribution in [3.05, 3.63) is 73.0 Å². The van der Waals surface area contributed by atoms with Gasteiger partial charge in [-0.3, -0.25) is 19.1 Å². The van der Waals surface area contributed by atoms with Gasteiger partial charge in [-0.15, -0.1) is 0 Å². The van der Waals surface area contributed by atoms with Crippen LogP contribution in [0.1, 0.15) is 53.7 Å². The molecule has 0 radical (unpaired) electrons. The molecule has 4 rings (SSSR count). The predicted molar refractivity (Wildman–Crippen MR) is 112 cm³/mol. The van der Waals surface area contributed by atoms with E-state index in [2.05, 4.69) is 15.3 Å². The van der Waals surface area contributed by atoms with Crippen LogP contribution in [0.2, 0.25) is 5.02 Å². The van der Waals surface area contributed by atoms with E-state index >= 15 is 0 Å². The molecule has 2 aromatic heterocycles. The Kier molecular flexibility index (Phi) is 5.24. The molecule has 2 heterocycles. The van der Waals surface area contributed by atoms with E-state index < -0.39 is 17.2 Å². The minimum atomic E-state index is -0.602. The molecule has 2 N–H and O–H groups in total. The maximum atomic E-state index is 13.0. The largest absolute Gasteiger partial charge is 0.348 e. The number of carbonyl (C=O) groups is 1. The summed E-state index contributed by atoms with van der Waals surface area (Å²) in [6, 6.07) is 8.92. The van der Waals surface area contributed by atoms with Gasteiger partial charge < -0.3 is 5.32 Å². The minimum Gasteiger partial charge on any atom is -0.348 e. The number of pyridine rings is 1. The van der Waals surface area contributed by atoms with Gasteiger partial charge in [0.25, 0.3) is 11.5 Å². The number of nitrogens with one attached hydrogen (secondary N) is 2. The standard InChI is InChI=1S/C21H21ClN4O3/c1-2-9-26-18-17(20(28)25-21(26)29)14(10-16(24-18)12-7-8-12)19(27)23-11-13-5-3-4-6-15(13)22/h3-6,10,12H,2,7-9,11H2,1H3,(H,23,27)(H,25,28,29). The van der Waals surface area contributed by atoms with Crippen molar-refractivity contribution in [2.75, 3.05) is 0 Å². The average molecular weight is 413 g/mol. The van der Waals surface area contributed by atoms with Crippen molar-refractivity contribution in [2.24, 2.45) is 0 Å². The number of halogens is 1. The number of carbonyl (C=O) groups excluding carboxylic acids is 1. The number of amides is 1. The van der Waals surface area contributed by atoms with Gasteiger partial charge in [0, 0.05) is 29.7 Å². The number of nitrogens with zero attached hydrogens (tertiary/aromatic N) is 2. The van der Waals surface area contributed by atoms with E-state index in [4.69, 9.17) is 11.6 Å². The third kappa shape index (κ3) is 3.82. The zero-order valence-corrected chi connectivity index (χ0v) is 16.8. The summed E-state index contributed by atoms with van der Waals surface area (Å²) < 4.78 is 1.44. The van der Waals surface area contributed by atoms with Crippen LogP contribution in [0, 0.1) is 0 Å².